The normalized spacial score (nSPS) is 10.4. The van der Waals surface area contributed by atoms with E-state index in [4.69, 9.17) is 22.1 Å². The Morgan fingerprint density at radius 2 is 1.83 bits per heavy atom. The summed E-state index contributed by atoms with van der Waals surface area (Å²) in [5.41, 5.74) is 9.52. The molecule has 0 bridgehead atoms. The molecule has 1 heterocycles. The molecular formula is C21H22ClN5O2. The summed E-state index contributed by atoms with van der Waals surface area (Å²) in [6, 6.07) is 10.7. The zero-order chi connectivity index (χ0) is 20.8. The number of hydrogen-bond acceptors (Lipinski definition) is 6. The fourth-order valence-corrected chi connectivity index (χ4v) is 3.07. The number of nitrogens with zero attached hydrogens (tertiary/aromatic N) is 2. The third-order valence-electron chi connectivity index (χ3n) is 4.38. The minimum absolute atomic E-state index is 0.192. The van der Waals surface area contributed by atoms with Crippen molar-refractivity contribution in [2.24, 2.45) is 0 Å². The molecule has 0 unspecified atom stereocenters. The van der Waals surface area contributed by atoms with Crippen LogP contribution in [0.2, 0.25) is 5.02 Å². The van der Waals surface area contributed by atoms with Crippen LogP contribution in [-0.4, -0.2) is 30.0 Å². The molecule has 3 aromatic rings. The Morgan fingerprint density at radius 3 is 2.45 bits per heavy atom. The molecule has 29 heavy (non-hydrogen) atoms. The molecule has 3 rings (SSSR count). The Hall–Kier alpha value is -3.32. The molecule has 0 saturated heterocycles. The van der Waals surface area contributed by atoms with E-state index in [0.29, 0.717) is 40.8 Å². The van der Waals surface area contributed by atoms with Gasteiger partial charge < -0.3 is 21.1 Å². The first-order valence-corrected chi connectivity index (χ1v) is 9.40. The molecule has 0 aliphatic rings. The van der Waals surface area contributed by atoms with Gasteiger partial charge in [0.25, 0.3) is 5.91 Å². The molecule has 7 nitrogen and oxygen atoms in total. The first-order valence-electron chi connectivity index (χ1n) is 9.02. The van der Waals surface area contributed by atoms with Gasteiger partial charge >= 0.3 is 0 Å². The van der Waals surface area contributed by atoms with Crippen molar-refractivity contribution in [1.82, 2.24) is 15.3 Å². The Bertz CT molecular complexity index is 991. The number of carbonyl (C=O) groups is 1. The van der Waals surface area contributed by atoms with E-state index in [1.807, 2.05) is 24.3 Å². The number of halogens is 1. The lowest BCUT2D eigenvalue weighted by Crippen LogP contribution is -2.18. The molecule has 4 N–H and O–H groups in total. The molecule has 0 atom stereocenters. The topological polar surface area (TPSA) is 102 Å². The summed E-state index contributed by atoms with van der Waals surface area (Å²) in [4.78, 5) is 20.7. The maximum Gasteiger partial charge on any atom is 0.251 e. The summed E-state index contributed by atoms with van der Waals surface area (Å²) in [5, 5.41) is 6.24. The fraction of sp³-hybridized carbons (Fsp3) is 0.190. The number of carbonyl (C=O) groups excluding carboxylic acids is 1. The van der Waals surface area contributed by atoms with E-state index in [2.05, 4.69) is 20.6 Å². The van der Waals surface area contributed by atoms with Crippen LogP contribution in [-0.2, 0) is 12.8 Å². The van der Waals surface area contributed by atoms with Crippen LogP contribution in [0.4, 0.5) is 17.3 Å². The van der Waals surface area contributed by atoms with Crippen molar-refractivity contribution in [2.75, 3.05) is 25.2 Å². The van der Waals surface area contributed by atoms with E-state index in [9.17, 15) is 4.79 Å². The SMILES string of the molecule is CNC(=O)c1cc(CCc2cnc(Nc3ccc(N)cc3)nc2)c(Cl)c(OC)c1. The van der Waals surface area contributed by atoms with Gasteiger partial charge in [-0.3, -0.25) is 4.79 Å². The highest BCUT2D eigenvalue weighted by molar-refractivity contribution is 6.33. The van der Waals surface area contributed by atoms with Crippen LogP contribution >= 0.6 is 11.6 Å². The molecule has 0 saturated carbocycles. The number of nitrogens with two attached hydrogens (primary N) is 1. The largest absolute Gasteiger partial charge is 0.495 e. The van der Waals surface area contributed by atoms with Crippen LogP contribution in [0.25, 0.3) is 0 Å². The van der Waals surface area contributed by atoms with E-state index < -0.39 is 0 Å². The van der Waals surface area contributed by atoms with Gasteiger partial charge in [-0.25, -0.2) is 9.97 Å². The molecule has 2 aromatic carbocycles. The zero-order valence-electron chi connectivity index (χ0n) is 16.2. The molecule has 150 valence electrons. The quantitative estimate of drug-likeness (QED) is 0.513. The van der Waals surface area contributed by atoms with Crippen molar-refractivity contribution in [3.63, 3.8) is 0 Å². The fourth-order valence-electron chi connectivity index (χ4n) is 2.78. The van der Waals surface area contributed by atoms with Crippen LogP contribution in [0.15, 0.2) is 48.8 Å². The lowest BCUT2D eigenvalue weighted by atomic mass is 10.0. The maximum atomic E-state index is 12.0. The summed E-state index contributed by atoms with van der Waals surface area (Å²) in [7, 11) is 3.11. The summed E-state index contributed by atoms with van der Waals surface area (Å²) in [5.74, 6) is 0.782. The van der Waals surface area contributed by atoms with Gasteiger partial charge in [-0.2, -0.15) is 0 Å². The number of ether oxygens (including phenoxy) is 1. The van der Waals surface area contributed by atoms with Crippen LogP contribution in [0.3, 0.4) is 0 Å². The number of aromatic nitrogens is 2. The predicted molar refractivity (Wildman–Crippen MR) is 115 cm³/mol. The second-order valence-electron chi connectivity index (χ2n) is 6.39. The number of hydrogen-bond donors (Lipinski definition) is 3. The number of methoxy groups -OCH3 is 1. The number of nitrogen functional groups attached to an aromatic ring is 1. The molecule has 0 radical (unpaired) electrons. The second-order valence-corrected chi connectivity index (χ2v) is 6.77. The summed E-state index contributed by atoms with van der Waals surface area (Å²) in [6.45, 7) is 0. The third-order valence-corrected chi connectivity index (χ3v) is 4.81. The highest BCUT2D eigenvalue weighted by atomic mass is 35.5. The van der Waals surface area contributed by atoms with Gasteiger partial charge in [0.15, 0.2) is 0 Å². The van der Waals surface area contributed by atoms with Crippen molar-refractivity contribution in [3.05, 3.63) is 70.5 Å². The standard InChI is InChI=1S/C21H22ClN5O2/c1-24-20(28)15-9-14(19(22)18(10-15)29-2)4-3-13-11-25-21(26-12-13)27-17-7-5-16(23)6-8-17/h5-12H,3-4,23H2,1-2H3,(H,24,28)(H,25,26,27). The molecule has 1 amide bonds. The van der Waals surface area contributed by atoms with Gasteiger partial charge in [0.05, 0.1) is 12.1 Å². The maximum absolute atomic E-state index is 12.0. The average molecular weight is 412 g/mol. The second kappa shape index (κ2) is 9.25. The van der Waals surface area contributed by atoms with Crippen LogP contribution < -0.4 is 21.1 Å². The van der Waals surface area contributed by atoms with E-state index >= 15 is 0 Å². The number of nitrogens with one attached hydrogen (secondary N) is 2. The number of benzene rings is 2. The lowest BCUT2D eigenvalue weighted by molar-refractivity contribution is 0.0962. The van der Waals surface area contributed by atoms with Crippen molar-refractivity contribution in [3.8, 4) is 5.75 Å². The van der Waals surface area contributed by atoms with E-state index in [1.54, 1.807) is 31.6 Å². The average Bonchev–Trinajstić information content (AvgIpc) is 2.75. The van der Waals surface area contributed by atoms with Crippen LogP contribution in [0.5, 0.6) is 5.75 Å². The minimum Gasteiger partial charge on any atom is -0.495 e. The molecule has 0 aliphatic heterocycles. The zero-order valence-corrected chi connectivity index (χ0v) is 17.0. The Labute approximate surface area is 174 Å². The molecule has 0 fully saturated rings. The Morgan fingerprint density at radius 1 is 1.14 bits per heavy atom. The number of aryl methyl sites for hydroxylation is 2. The van der Waals surface area contributed by atoms with Gasteiger partial charge in [0, 0.05) is 36.4 Å². The first-order chi connectivity index (χ1) is 14.0. The predicted octanol–water partition coefficient (Wildman–Crippen LogP) is 3.61. The number of amides is 1. The van der Waals surface area contributed by atoms with Gasteiger partial charge in [-0.15, -0.1) is 0 Å². The summed E-state index contributed by atoms with van der Waals surface area (Å²) in [6.07, 6.45) is 4.82. The van der Waals surface area contributed by atoms with Gasteiger partial charge in [-0.1, -0.05) is 11.6 Å². The third kappa shape index (κ3) is 5.14. The monoisotopic (exact) mass is 411 g/mol. The van der Waals surface area contributed by atoms with Crippen LogP contribution in [0, 0.1) is 0 Å². The smallest absolute Gasteiger partial charge is 0.251 e. The van der Waals surface area contributed by atoms with E-state index in [-0.39, 0.29) is 5.91 Å². The molecule has 0 spiro atoms. The van der Waals surface area contributed by atoms with Gasteiger partial charge in [-0.05, 0) is 60.4 Å². The lowest BCUT2D eigenvalue weighted by Gasteiger charge is -2.12. The van der Waals surface area contributed by atoms with E-state index in [1.165, 1.54) is 7.11 Å². The van der Waals surface area contributed by atoms with Crippen molar-refractivity contribution in [1.29, 1.82) is 0 Å². The number of anilines is 3. The van der Waals surface area contributed by atoms with Crippen molar-refractivity contribution < 1.29 is 9.53 Å². The molecule has 8 heteroatoms. The van der Waals surface area contributed by atoms with Crippen LogP contribution in [0.1, 0.15) is 21.5 Å². The van der Waals surface area contributed by atoms with Crippen molar-refractivity contribution in [2.45, 2.75) is 12.8 Å². The number of rotatable bonds is 7. The van der Waals surface area contributed by atoms with E-state index in [0.717, 1.165) is 16.8 Å². The minimum atomic E-state index is -0.192. The summed E-state index contributed by atoms with van der Waals surface area (Å²) >= 11 is 6.41. The Balaban J connectivity index is 1.69. The summed E-state index contributed by atoms with van der Waals surface area (Å²) < 4.78 is 5.30. The highest BCUT2D eigenvalue weighted by Gasteiger charge is 2.14. The van der Waals surface area contributed by atoms with Gasteiger partial charge in [0.2, 0.25) is 5.95 Å². The molecule has 0 aliphatic carbocycles. The Kier molecular flexibility index (Phi) is 6.51. The van der Waals surface area contributed by atoms with Gasteiger partial charge in [0.1, 0.15) is 5.75 Å². The van der Waals surface area contributed by atoms with Crippen molar-refractivity contribution >= 4 is 34.8 Å². The molecule has 1 aromatic heterocycles. The first kappa shape index (κ1) is 20.4. The molecular weight excluding hydrogens is 390 g/mol. The highest BCUT2D eigenvalue weighted by Crippen LogP contribution is 2.31.